The highest BCUT2D eigenvalue weighted by molar-refractivity contribution is 5.77. The number of pyridine rings is 1. The van der Waals surface area contributed by atoms with E-state index in [2.05, 4.69) is 43.2 Å². The van der Waals surface area contributed by atoms with Crippen LogP contribution >= 0.6 is 0 Å². The molecule has 4 heteroatoms. The molecular weight excluding hydrogens is 504 g/mol. The summed E-state index contributed by atoms with van der Waals surface area (Å²) in [5, 5.41) is 15.7. The predicted molar refractivity (Wildman–Crippen MR) is 169 cm³/mol. The number of fused-ring (bicyclic) bond motifs is 5. The van der Waals surface area contributed by atoms with Crippen LogP contribution in [0.5, 0.6) is 0 Å². The smallest absolute Gasteiger partial charge is 0.132 e. The third-order valence-corrected chi connectivity index (χ3v) is 13.2. The molecule has 0 aromatic carbocycles. The Kier molecular flexibility index (Phi) is 10.3. The van der Waals surface area contributed by atoms with Crippen LogP contribution < -0.4 is 5.32 Å². The third-order valence-electron chi connectivity index (χ3n) is 13.2. The van der Waals surface area contributed by atoms with Crippen LogP contribution in [-0.2, 0) is 11.2 Å². The van der Waals surface area contributed by atoms with Gasteiger partial charge >= 0.3 is 0 Å². The number of aromatic nitrogens is 1. The Labute approximate surface area is 251 Å². The van der Waals surface area contributed by atoms with Crippen molar-refractivity contribution in [2.24, 2.45) is 46.3 Å². The van der Waals surface area contributed by atoms with Crippen molar-refractivity contribution in [2.75, 3.05) is 6.54 Å². The molecule has 4 fully saturated rings. The Hall–Kier alpha value is -1.26. The minimum Gasteiger partial charge on any atom is -0.393 e. The number of aliphatic hydroxyl groups excluding tert-OH is 1. The number of nitrogens with zero attached hydrogens (tertiary/aromatic N) is 1. The van der Waals surface area contributed by atoms with Crippen LogP contribution in [0, 0.1) is 46.3 Å². The maximum absolute atomic E-state index is 12.0. The van der Waals surface area contributed by atoms with Gasteiger partial charge in [0.05, 0.1) is 6.10 Å². The molecule has 4 aliphatic carbocycles. The van der Waals surface area contributed by atoms with Gasteiger partial charge in [-0.1, -0.05) is 46.6 Å². The number of hydrogen-bond acceptors (Lipinski definition) is 4. The van der Waals surface area contributed by atoms with Crippen molar-refractivity contribution in [1.82, 2.24) is 10.3 Å². The number of rotatable bonds is 13. The topological polar surface area (TPSA) is 62.2 Å². The summed E-state index contributed by atoms with van der Waals surface area (Å²) in [5.41, 5.74) is 1.96. The highest BCUT2D eigenvalue weighted by atomic mass is 16.3. The highest BCUT2D eigenvalue weighted by Gasteiger charge is 2.62. The second-order valence-electron chi connectivity index (χ2n) is 15.3. The van der Waals surface area contributed by atoms with E-state index in [4.69, 9.17) is 0 Å². The van der Waals surface area contributed by atoms with Crippen molar-refractivity contribution in [3.05, 3.63) is 30.1 Å². The fourth-order valence-electron chi connectivity index (χ4n) is 10.8. The second-order valence-corrected chi connectivity index (χ2v) is 15.3. The molecule has 4 unspecified atom stereocenters. The largest absolute Gasteiger partial charge is 0.393 e. The zero-order valence-electron chi connectivity index (χ0n) is 26.8. The van der Waals surface area contributed by atoms with Crippen LogP contribution in [0.1, 0.15) is 130 Å². The summed E-state index contributed by atoms with van der Waals surface area (Å²) in [4.78, 5) is 16.5. The van der Waals surface area contributed by atoms with Crippen molar-refractivity contribution < 1.29 is 9.90 Å². The Morgan fingerprint density at radius 3 is 2.59 bits per heavy atom. The van der Waals surface area contributed by atoms with E-state index in [1.54, 1.807) is 0 Å². The average molecular weight is 565 g/mol. The second kappa shape index (κ2) is 13.6. The Morgan fingerprint density at radius 1 is 1.02 bits per heavy atom. The molecule has 0 bridgehead atoms. The van der Waals surface area contributed by atoms with Gasteiger partial charge in [0.2, 0.25) is 0 Å². The van der Waals surface area contributed by atoms with E-state index in [-0.39, 0.29) is 6.10 Å². The van der Waals surface area contributed by atoms with Crippen molar-refractivity contribution >= 4 is 5.78 Å². The first kappa shape index (κ1) is 31.2. The zero-order valence-corrected chi connectivity index (χ0v) is 26.8. The lowest BCUT2D eigenvalue weighted by Gasteiger charge is -2.62. The molecule has 4 nitrogen and oxygen atoms in total. The lowest BCUT2D eigenvalue weighted by molar-refractivity contribution is -0.167. The minimum absolute atomic E-state index is 0.128. The van der Waals surface area contributed by atoms with E-state index in [0.29, 0.717) is 64.6 Å². The summed E-state index contributed by atoms with van der Waals surface area (Å²) >= 11 is 0. The molecule has 0 spiro atoms. The summed E-state index contributed by atoms with van der Waals surface area (Å²) in [6.45, 7) is 10.7. The number of Topliss-reactive ketones (excluding diaryl/α,β-unsaturated/α-hetero) is 1. The molecule has 10 atom stereocenters. The number of carbonyl (C=O) groups is 1. The first-order valence-electron chi connectivity index (χ1n) is 17.6. The monoisotopic (exact) mass is 564 g/mol. The molecule has 1 heterocycles. The van der Waals surface area contributed by atoms with Gasteiger partial charge in [0.25, 0.3) is 0 Å². The molecule has 230 valence electrons. The number of nitrogens with one attached hydrogen (secondary N) is 1. The zero-order chi connectivity index (χ0) is 29.0. The minimum atomic E-state index is -0.128. The third kappa shape index (κ3) is 6.64. The fraction of sp³-hybridized carbons (Fsp3) is 0.838. The van der Waals surface area contributed by atoms with E-state index in [1.807, 2.05) is 19.2 Å². The summed E-state index contributed by atoms with van der Waals surface area (Å²) in [6.07, 6.45) is 20.6. The van der Waals surface area contributed by atoms with Gasteiger partial charge in [-0.05, 0) is 142 Å². The van der Waals surface area contributed by atoms with Crippen molar-refractivity contribution in [3.63, 3.8) is 0 Å². The first-order chi connectivity index (χ1) is 19.8. The number of carbonyl (C=O) groups excluding carboxylic acids is 1. The number of aliphatic hydroxyl groups is 1. The maximum Gasteiger partial charge on any atom is 0.132 e. The SMILES string of the molecule is CCC(=O)CC[C@@H](C)[C@H]1CCC2C3C(O)C[C@H]4C[C@H](NCCCCCCc5ccccn5)CC[C@]4(C)C3CC[C@@]21C. The molecule has 0 amide bonds. The fourth-order valence-corrected chi connectivity index (χ4v) is 10.8. The summed E-state index contributed by atoms with van der Waals surface area (Å²) < 4.78 is 0. The predicted octanol–water partition coefficient (Wildman–Crippen LogP) is 8.17. The summed E-state index contributed by atoms with van der Waals surface area (Å²) in [7, 11) is 0. The molecule has 0 aliphatic heterocycles. The highest BCUT2D eigenvalue weighted by Crippen LogP contribution is 2.68. The van der Waals surface area contributed by atoms with Crippen LogP contribution in [0.4, 0.5) is 0 Å². The van der Waals surface area contributed by atoms with Gasteiger partial charge in [-0.3, -0.25) is 9.78 Å². The Bertz CT molecular complexity index is 982. The molecule has 0 saturated heterocycles. The van der Waals surface area contributed by atoms with Crippen molar-refractivity contribution in [1.29, 1.82) is 0 Å². The van der Waals surface area contributed by atoms with E-state index in [0.717, 1.165) is 32.2 Å². The molecule has 1 aromatic rings. The van der Waals surface area contributed by atoms with Crippen LogP contribution in [-0.4, -0.2) is 34.6 Å². The van der Waals surface area contributed by atoms with Crippen LogP contribution in [0.2, 0.25) is 0 Å². The molecule has 1 aromatic heterocycles. The van der Waals surface area contributed by atoms with Gasteiger partial charge in [0, 0.05) is 30.8 Å². The molecule has 0 radical (unpaired) electrons. The molecule has 41 heavy (non-hydrogen) atoms. The maximum atomic E-state index is 12.0. The van der Waals surface area contributed by atoms with Gasteiger partial charge in [0.1, 0.15) is 5.78 Å². The van der Waals surface area contributed by atoms with Crippen LogP contribution in [0.25, 0.3) is 0 Å². The standard InChI is InChI=1S/C37H60N2O2/c1-5-30(40)15-14-26(2)31-16-17-32-35-33(19-21-37(31,32)4)36(3)20-18-29(24-27(36)25-34(35)41)39-22-10-7-6-8-12-28-13-9-11-23-38-28/h9,11,13,23,26-27,29,31-35,39,41H,5-8,10,12,14-22,24-25H2,1-4H3/t26-,27-,29-,31-,32?,33?,34?,35?,36+,37-/m1/s1. The molecule has 4 saturated carbocycles. The van der Waals surface area contributed by atoms with Crippen LogP contribution in [0.3, 0.4) is 0 Å². The molecule has 4 aliphatic rings. The van der Waals surface area contributed by atoms with E-state index in [9.17, 15) is 9.90 Å². The average Bonchev–Trinajstić information content (AvgIpc) is 3.33. The summed E-state index contributed by atoms with van der Waals surface area (Å²) in [5.74, 6) is 4.24. The van der Waals surface area contributed by atoms with E-state index >= 15 is 0 Å². The van der Waals surface area contributed by atoms with Gasteiger partial charge in [-0.15, -0.1) is 0 Å². The quantitative estimate of drug-likeness (QED) is 0.237. The number of ketones is 1. The lowest BCUT2D eigenvalue weighted by Crippen LogP contribution is -2.59. The van der Waals surface area contributed by atoms with Crippen molar-refractivity contribution in [2.45, 2.75) is 143 Å². The van der Waals surface area contributed by atoms with Crippen molar-refractivity contribution in [3.8, 4) is 0 Å². The number of unbranched alkanes of at least 4 members (excludes halogenated alkanes) is 3. The first-order valence-corrected chi connectivity index (χ1v) is 17.6. The van der Waals surface area contributed by atoms with Gasteiger partial charge in [0.15, 0.2) is 0 Å². The Balaban J connectivity index is 1.10. The Morgan fingerprint density at radius 2 is 1.80 bits per heavy atom. The van der Waals surface area contributed by atoms with Gasteiger partial charge in [-0.25, -0.2) is 0 Å². The molecule has 2 N–H and O–H groups in total. The molecule has 5 rings (SSSR count). The van der Waals surface area contributed by atoms with Gasteiger partial charge < -0.3 is 10.4 Å². The van der Waals surface area contributed by atoms with Crippen LogP contribution in [0.15, 0.2) is 24.4 Å². The number of aryl methyl sites for hydroxylation is 1. The molecular formula is C37H60N2O2. The summed E-state index contributed by atoms with van der Waals surface area (Å²) in [6, 6.07) is 6.85. The lowest BCUT2D eigenvalue weighted by atomic mass is 9.43. The normalized spacial score (nSPS) is 39.0. The van der Waals surface area contributed by atoms with E-state index in [1.165, 1.54) is 76.3 Å². The number of hydrogen-bond donors (Lipinski definition) is 2. The van der Waals surface area contributed by atoms with Gasteiger partial charge in [-0.2, -0.15) is 0 Å². The van der Waals surface area contributed by atoms with E-state index < -0.39 is 0 Å².